The molecule has 9 nitrogen and oxygen atoms in total. The number of hydrogen-bond acceptors (Lipinski definition) is 5. The van der Waals surface area contributed by atoms with Crippen LogP contribution < -0.4 is 11.2 Å². The molecular formula is C10H11N3O6. The van der Waals surface area contributed by atoms with E-state index in [-0.39, 0.29) is 18.7 Å². The van der Waals surface area contributed by atoms with Gasteiger partial charge in [0.1, 0.15) is 11.7 Å². The number of aromatic amines is 2. The van der Waals surface area contributed by atoms with Crippen molar-refractivity contribution in [3.63, 3.8) is 0 Å². The van der Waals surface area contributed by atoms with Crippen LogP contribution in [0.25, 0.3) is 0 Å². The van der Waals surface area contributed by atoms with E-state index < -0.39 is 35.3 Å². The quantitative estimate of drug-likeness (QED) is 0.476. The molecule has 2 atom stereocenters. The summed E-state index contributed by atoms with van der Waals surface area (Å²) in [5.41, 5.74) is -1.93. The minimum atomic E-state index is -1.25. The average Bonchev–Trinajstić information content (AvgIpc) is 2.69. The highest BCUT2D eigenvalue weighted by molar-refractivity contribution is 5.95. The number of rotatable bonds is 2. The van der Waals surface area contributed by atoms with Crippen molar-refractivity contribution >= 4 is 11.9 Å². The van der Waals surface area contributed by atoms with E-state index in [4.69, 9.17) is 5.11 Å². The van der Waals surface area contributed by atoms with E-state index in [0.29, 0.717) is 0 Å². The van der Waals surface area contributed by atoms with Crippen LogP contribution in [-0.4, -0.2) is 55.6 Å². The molecule has 1 saturated heterocycles. The summed E-state index contributed by atoms with van der Waals surface area (Å²) in [5.74, 6) is -2.07. The molecule has 102 valence electrons. The van der Waals surface area contributed by atoms with Gasteiger partial charge in [0.25, 0.3) is 11.5 Å². The summed E-state index contributed by atoms with van der Waals surface area (Å²) < 4.78 is 0. The summed E-state index contributed by atoms with van der Waals surface area (Å²) in [6.07, 6.45) is -1.03. The van der Waals surface area contributed by atoms with Crippen LogP contribution in [0.2, 0.25) is 0 Å². The monoisotopic (exact) mass is 269 g/mol. The third-order valence-electron chi connectivity index (χ3n) is 2.82. The van der Waals surface area contributed by atoms with Gasteiger partial charge in [-0.3, -0.25) is 14.6 Å². The minimum absolute atomic E-state index is 0.0888. The number of carbonyl (C=O) groups excluding carboxylic acids is 1. The number of carbonyl (C=O) groups is 2. The van der Waals surface area contributed by atoms with Gasteiger partial charge in [0.2, 0.25) is 0 Å². The Bertz CT molecular complexity index is 604. The Balaban J connectivity index is 2.35. The normalized spacial score (nSPS) is 22.5. The van der Waals surface area contributed by atoms with Gasteiger partial charge in [-0.1, -0.05) is 0 Å². The second kappa shape index (κ2) is 4.69. The molecule has 0 radical (unpaired) electrons. The van der Waals surface area contributed by atoms with Crippen molar-refractivity contribution in [2.24, 2.45) is 0 Å². The number of likely N-dealkylation sites (tertiary alicyclic amines) is 1. The molecule has 0 unspecified atom stereocenters. The predicted octanol–water partition coefficient (Wildman–Crippen LogP) is -2.28. The van der Waals surface area contributed by atoms with E-state index in [0.717, 1.165) is 11.0 Å². The summed E-state index contributed by atoms with van der Waals surface area (Å²) in [4.78, 5) is 50.1. The summed E-state index contributed by atoms with van der Waals surface area (Å²) >= 11 is 0. The molecule has 1 amide bonds. The Morgan fingerprint density at radius 2 is 2.00 bits per heavy atom. The molecule has 1 fully saturated rings. The van der Waals surface area contributed by atoms with E-state index in [1.165, 1.54) is 0 Å². The lowest BCUT2D eigenvalue weighted by Gasteiger charge is -2.20. The van der Waals surface area contributed by atoms with Crippen molar-refractivity contribution in [2.75, 3.05) is 6.54 Å². The lowest BCUT2D eigenvalue weighted by Crippen LogP contribution is -2.42. The molecular weight excluding hydrogens is 258 g/mol. The van der Waals surface area contributed by atoms with Crippen LogP contribution in [0.4, 0.5) is 0 Å². The maximum absolute atomic E-state index is 12.0. The Morgan fingerprint density at radius 3 is 2.58 bits per heavy atom. The number of H-pyrrole nitrogens is 2. The van der Waals surface area contributed by atoms with Gasteiger partial charge in [0.15, 0.2) is 0 Å². The zero-order valence-corrected chi connectivity index (χ0v) is 9.62. The van der Waals surface area contributed by atoms with Gasteiger partial charge in [-0.05, 0) is 0 Å². The zero-order chi connectivity index (χ0) is 14.2. The smallest absolute Gasteiger partial charge is 0.326 e. The summed E-state index contributed by atoms with van der Waals surface area (Å²) in [5, 5.41) is 18.4. The standard InChI is InChI=1S/C10H11N3O6/c14-4-1-6(9(17)18)13(3-4)8(16)5-2-7(15)12-10(19)11-5/h2,4,6,14H,1,3H2,(H,17,18)(H2,11,12,15,19)/t4-,6+/m1/s1. The summed E-state index contributed by atoms with van der Waals surface area (Å²) in [6.45, 7) is -0.162. The Labute approximate surface area is 105 Å². The van der Waals surface area contributed by atoms with Crippen LogP contribution in [0.3, 0.4) is 0 Å². The van der Waals surface area contributed by atoms with Gasteiger partial charge in [-0.15, -0.1) is 0 Å². The third-order valence-corrected chi connectivity index (χ3v) is 2.82. The number of nitrogens with one attached hydrogen (secondary N) is 2. The van der Waals surface area contributed by atoms with Crippen LogP contribution in [0.1, 0.15) is 16.9 Å². The highest BCUT2D eigenvalue weighted by Crippen LogP contribution is 2.19. The van der Waals surface area contributed by atoms with Crippen LogP contribution in [0.5, 0.6) is 0 Å². The zero-order valence-electron chi connectivity index (χ0n) is 9.62. The SMILES string of the molecule is O=C(O)[C@@H]1C[C@@H](O)CN1C(=O)c1cc(=O)[nH]c(=O)[nH]1. The third kappa shape index (κ3) is 2.55. The number of carboxylic acids is 1. The number of aliphatic hydroxyl groups excluding tert-OH is 1. The van der Waals surface area contributed by atoms with Crippen molar-refractivity contribution in [3.05, 3.63) is 32.6 Å². The Kier molecular flexibility index (Phi) is 3.21. The van der Waals surface area contributed by atoms with E-state index >= 15 is 0 Å². The topological polar surface area (TPSA) is 144 Å². The highest BCUT2D eigenvalue weighted by Gasteiger charge is 2.39. The molecule has 0 saturated carbocycles. The predicted molar refractivity (Wildman–Crippen MR) is 60.8 cm³/mol. The number of aliphatic carboxylic acids is 1. The number of aliphatic hydroxyl groups is 1. The van der Waals surface area contributed by atoms with E-state index in [1.54, 1.807) is 0 Å². The summed E-state index contributed by atoms with van der Waals surface area (Å²) in [6, 6.07) is -0.307. The second-order valence-corrected chi connectivity index (χ2v) is 4.20. The van der Waals surface area contributed by atoms with Crippen molar-refractivity contribution in [2.45, 2.75) is 18.6 Å². The average molecular weight is 269 g/mol. The van der Waals surface area contributed by atoms with Crippen molar-refractivity contribution < 1.29 is 19.8 Å². The maximum atomic E-state index is 12.0. The van der Waals surface area contributed by atoms with Crippen LogP contribution >= 0.6 is 0 Å². The van der Waals surface area contributed by atoms with Gasteiger partial charge in [-0.2, -0.15) is 0 Å². The number of nitrogens with zero attached hydrogens (tertiary/aromatic N) is 1. The van der Waals surface area contributed by atoms with Gasteiger partial charge in [0.05, 0.1) is 6.10 Å². The first-order valence-electron chi connectivity index (χ1n) is 5.44. The molecule has 4 N–H and O–H groups in total. The van der Waals surface area contributed by atoms with Gasteiger partial charge in [0, 0.05) is 19.0 Å². The highest BCUT2D eigenvalue weighted by atomic mass is 16.4. The fourth-order valence-electron chi connectivity index (χ4n) is 2.01. The molecule has 2 rings (SSSR count). The first kappa shape index (κ1) is 13.0. The van der Waals surface area contributed by atoms with E-state index in [2.05, 4.69) is 4.98 Å². The van der Waals surface area contributed by atoms with E-state index in [9.17, 15) is 24.3 Å². The van der Waals surface area contributed by atoms with Gasteiger partial charge in [-0.25, -0.2) is 9.59 Å². The molecule has 2 heterocycles. The van der Waals surface area contributed by atoms with Crippen molar-refractivity contribution in [3.8, 4) is 0 Å². The number of carboxylic acid groups (broad SMARTS) is 1. The van der Waals surface area contributed by atoms with Crippen LogP contribution in [0.15, 0.2) is 15.7 Å². The minimum Gasteiger partial charge on any atom is -0.480 e. The number of amides is 1. The number of aromatic nitrogens is 2. The van der Waals surface area contributed by atoms with Crippen LogP contribution in [-0.2, 0) is 4.79 Å². The van der Waals surface area contributed by atoms with Gasteiger partial charge < -0.3 is 20.1 Å². The van der Waals surface area contributed by atoms with Gasteiger partial charge >= 0.3 is 11.7 Å². The maximum Gasteiger partial charge on any atom is 0.326 e. The molecule has 1 aromatic heterocycles. The van der Waals surface area contributed by atoms with Crippen molar-refractivity contribution in [1.29, 1.82) is 0 Å². The molecule has 0 aromatic carbocycles. The molecule has 19 heavy (non-hydrogen) atoms. The molecule has 1 aromatic rings. The molecule has 1 aliphatic heterocycles. The van der Waals surface area contributed by atoms with E-state index in [1.807, 2.05) is 4.98 Å². The molecule has 0 spiro atoms. The number of hydrogen-bond donors (Lipinski definition) is 4. The lowest BCUT2D eigenvalue weighted by molar-refractivity contribution is -0.141. The fourth-order valence-corrected chi connectivity index (χ4v) is 2.01. The van der Waals surface area contributed by atoms with Crippen LogP contribution in [0, 0.1) is 0 Å². The largest absolute Gasteiger partial charge is 0.480 e. The molecule has 0 bridgehead atoms. The molecule has 1 aliphatic rings. The first-order chi connectivity index (χ1) is 8.88. The Hall–Kier alpha value is -2.42. The Morgan fingerprint density at radius 1 is 1.32 bits per heavy atom. The fraction of sp³-hybridized carbons (Fsp3) is 0.400. The van der Waals surface area contributed by atoms with Crippen molar-refractivity contribution in [1.82, 2.24) is 14.9 Å². The first-order valence-corrected chi connectivity index (χ1v) is 5.44. The second-order valence-electron chi connectivity index (χ2n) is 4.20. The molecule has 0 aliphatic carbocycles. The summed E-state index contributed by atoms with van der Waals surface area (Å²) in [7, 11) is 0. The molecule has 9 heteroatoms. The lowest BCUT2D eigenvalue weighted by atomic mass is 10.2. The number of β-amino-alcohol motifs (C(OH)–C–C–N with tert-alkyl or cyclic N) is 1.